The van der Waals surface area contributed by atoms with Crippen molar-refractivity contribution in [1.29, 1.82) is 0 Å². The average molecular weight is 339 g/mol. The zero-order valence-electron chi connectivity index (χ0n) is 14.8. The molecule has 6 nitrogen and oxygen atoms in total. The van der Waals surface area contributed by atoms with Gasteiger partial charge in [-0.25, -0.2) is 9.50 Å². The molecule has 0 fully saturated rings. The summed E-state index contributed by atoms with van der Waals surface area (Å²) in [6.07, 6.45) is 2.49. The van der Waals surface area contributed by atoms with Gasteiger partial charge in [0, 0.05) is 23.7 Å². The van der Waals surface area contributed by atoms with Crippen molar-refractivity contribution in [2.45, 2.75) is 20.3 Å². The maximum atomic E-state index is 12.4. The number of nitrogens with zero attached hydrogens (tertiary/aromatic N) is 3. The molecule has 3 rings (SSSR count). The van der Waals surface area contributed by atoms with Gasteiger partial charge in [-0.15, -0.1) is 0 Å². The van der Waals surface area contributed by atoms with Crippen molar-refractivity contribution in [3.05, 3.63) is 42.2 Å². The fraction of sp³-hybridized carbons (Fsp3) is 0.316. The molecule has 3 aromatic rings. The van der Waals surface area contributed by atoms with Gasteiger partial charge in [-0.05, 0) is 30.7 Å². The summed E-state index contributed by atoms with van der Waals surface area (Å²) < 4.78 is 12.4. The smallest absolute Gasteiger partial charge is 0.185 e. The number of aromatic nitrogens is 3. The molecular formula is C19H21N3O3. The van der Waals surface area contributed by atoms with E-state index in [1.807, 2.05) is 38.1 Å². The van der Waals surface area contributed by atoms with E-state index in [-0.39, 0.29) is 11.7 Å². The van der Waals surface area contributed by atoms with Crippen LogP contribution in [0.15, 0.2) is 36.5 Å². The fourth-order valence-corrected chi connectivity index (χ4v) is 2.67. The summed E-state index contributed by atoms with van der Waals surface area (Å²) in [5, 5.41) is 4.49. The van der Waals surface area contributed by atoms with Crippen LogP contribution in [0.4, 0.5) is 0 Å². The molecule has 0 saturated heterocycles. The highest BCUT2D eigenvalue weighted by Crippen LogP contribution is 2.32. The van der Waals surface area contributed by atoms with Crippen LogP contribution in [0.25, 0.3) is 16.9 Å². The third-order valence-corrected chi connectivity index (χ3v) is 4.35. The molecule has 0 amide bonds. The van der Waals surface area contributed by atoms with E-state index in [4.69, 9.17) is 9.47 Å². The molecule has 0 saturated carbocycles. The van der Waals surface area contributed by atoms with E-state index in [0.717, 1.165) is 17.7 Å². The highest BCUT2D eigenvalue weighted by Gasteiger charge is 2.18. The van der Waals surface area contributed by atoms with E-state index in [1.54, 1.807) is 31.0 Å². The number of rotatable bonds is 6. The van der Waals surface area contributed by atoms with Gasteiger partial charge in [0.05, 0.1) is 19.9 Å². The normalized spacial score (nSPS) is 12.2. The topological polar surface area (TPSA) is 65.7 Å². The largest absolute Gasteiger partial charge is 0.493 e. The van der Waals surface area contributed by atoms with E-state index in [0.29, 0.717) is 22.8 Å². The lowest BCUT2D eigenvalue weighted by Gasteiger charge is -2.10. The Bertz CT molecular complexity index is 917. The minimum Gasteiger partial charge on any atom is -0.493 e. The van der Waals surface area contributed by atoms with Crippen molar-refractivity contribution in [2.75, 3.05) is 14.2 Å². The molecule has 0 N–H and O–H groups in total. The Balaban J connectivity index is 2.11. The number of hydrogen-bond donors (Lipinski definition) is 0. The predicted molar refractivity (Wildman–Crippen MR) is 95.3 cm³/mol. The second-order valence-corrected chi connectivity index (χ2v) is 5.87. The van der Waals surface area contributed by atoms with Crippen molar-refractivity contribution in [3.8, 4) is 22.8 Å². The second-order valence-electron chi connectivity index (χ2n) is 5.87. The molecular weight excluding hydrogens is 318 g/mol. The van der Waals surface area contributed by atoms with E-state index in [9.17, 15) is 4.79 Å². The lowest BCUT2D eigenvalue weighted by Crippen LogP contribution is -2.11. The Hall–Kier alpha value is -2.89. The lowest BCUT2D eigenvalue weighted by molar-refractivity contribution is 0.0922. The van der Waals surface area contributed by atoms with Crippen molar-refractivity contribution in [3.63, 3.8) is 0 Å². The van der Waals surface area contributed by atoms with Crippen molar-refractivity contribution < 1.29 is 14.3 Å². The molecule has 6 heteroatoms. The van der Waals surface area contributed by atoms with Crippen LogP contribution >= 0.6 is 0 Å². The second kappa shape index (κ2) is 6.93. The first-order chi connectivity index (χ1) is 12.1. The molecule has 0 spiro atoms. The van der Waals surface area contributed by atoms with E-state index in [2.05, 4.69) is 10.1 Å². The first kappa shape index (κ1) is 17.0. The van der Waals surface area contributed by atoms with Gasteiger partial charge in [-0.1, -0.05) is 13.8 Å². The Morgan fingerprint density at radius 2 is 1.92 bits per heavy atom. The van der Waals surface area contributed by atoms with Gasteiger partial charge in [0.25, 0.3) is 0 Å². The number of Topliss-reactive ketones (excluding diaryl/α,β-unsaturated/α-hetero) is 1. The molecule has 0 aliphatic carbocycles. The molecule has 130 valence electrons. The number of hydrogen-bond acceptors (Lipinski definition) is 5. The molecule has 2 heterocycles. The lowest BCUT2D eigenvalue weighted by atomic mass is 10.0. The van der Waals surface area contributed by atoms with Gasteiger partial charge in [0.1, 0.15) is 5.69 Å². The number of methoxy groups -OCH3 is 2. The van der Waals surface area contributed by atoms with E-state index < -0.39 is 0 Å². The van der Waals surface area contributed by atoms with Crippen LogP contribution in [0.1, 0.15) is 30.8 Å². The van der Waals surface area contributed by atoms with Crippen LogP contribution in [0.5, 0.6) is 11.5 Å². The molecule has 1 atom stereocenters. The van der Waals surface area contributed by atoms with Crippen molar-refractivity contribution >= 4 is 11.4 Å². The summed E-state index contributed by atoms with van der Waals surface area (Å²) in [4.78, 5) is 16.8. The van der Waals surface area contributed by atoms with E-state index >= 15 is 0 Å². The predicted octanol–water partition coefficient (Wildman–Crippen LogP) is 3.64. The fourth-order valence-electron chi connectivity index (χ4n) is 2.67. The minimum atomic E-state index is -0.0607. The maximum absolute atomic E-state index is 12.4. The average Bonchev–Trinajstić information content (AvgIpc) is 3.10. The Morgan fingerprint density at radius 1 is 1.16 bits per heavy atom. The monoisotopic (exact) mass is 339 g/mol. The number of ketones is 1. The van der Waals surface area contributed by atoms with E-state index in [1.165, 1.54) is 0 Å². The number of benzene rings is 1. The van der Waals surface area contributed by atoms with Crippen LogP contribution in [0.3, 0.4) is 0 Å². The Labute approximate surface area is 146 Å². The summed E-state index contributed by atoms with van der Waals surface area (Å²) in [5.74, 6) is 1.26. The summed E-state index contributed by atoms with van der Waals surface area (Å²) in [5.41, 5.74) is 2.80. The number of fused-ring (bicyclic) bond motifs is 1. The van der Waals surface area contributed by atoms with Crippen molar-refractivity contribution in [2.24, 2.45) is 5.92 Å². The first-order valence-electron chi connectivity index (χ1n) is 8.20. The summed E-state index contributed by atoms with van der Waals surface area (Å²) in [6.45, 7) is 3.90. The standard InChI is InChI=1S/C19H21N3O3/c1-5-12(2)19(23)14-11-18-20-9-8-15(22(18)21-14)13-6-7-16(24-3)17(10-13)25-4/h6-12H,5H2,1-4H3. The van der Waals surface area contributed by atoms with Gasteiger partial charge in [0.2, 0.25) is 0 Å². The van der Waals surface area contributed by atoms with Gasteiger partial charge in [-0.2, -0.15) is 5.10 Å². The number of carbonyl (C=O) groups excluding carboxylic acids is 1. The van der Waals surface area contributed by atoms with Crippen molar-refractivity contribution in [1.82, 2.24) is 14.6 Å². The van der Waals surface area contributed by atoms with Crippen LogP contribution < -0.4 is 9.47 Å². The summed E-state index contributed by atoms with van der Waals surface area (Å²) >= 11 is 0. The zero-order chi connectivity index (χ0) is 18.0. The van der Waals surface area contributed by atoms with Gasteiger partial charge in [-0.3, -0.25) is 4.79 Å². The highest BCUT2D eigenvalue weighted by molar-refractivity contribution is 5.96. The summed E-state index contributed by atoms with van der Waals surface area (Å²) in [6, 6.07) is 9.24. The van der Waals surface area contributed by atoms with Crippen LogP contribution in [-0.4, -0.2) is 34.6 Å². The molecule has 1 unspecified atom stereocenters. The van der Waals surface area contributed by atoms with Gasteiger partial charge < -0.3 is 9.47 Å². The highest BCUT2D eigenvalue weighted by atomic mass is 16.5. The van der Waals surface area contributed by atoms with Crippen LogP contribution in [-0.2, 0) is 0 Å². The third-order valence-electron chi connectivity index (χ3n) is 4.35. The molecule has 0 radical (unpaired) electrons. The van der Waals surface area contributed by atoms with Crippen LogP contribution in [0.2, 0.25) is 0 Å². The Morgan fingerprint density at radius 3 is 2.60 bits per heavy atom. The molecule has 1 aromatic carbocycles. The number of carbonyl (C=O) groups is 1. The molecule has 2 aromatic heterocycles. The van der Waals surface area contributed by atoms with Gasteiger partial charge >= 0.3 is 0 Å². The third kappa shape index (κ3) is 3.07. The Kier molecular flexibility index (Phi) is 4.70. The number of ether oxygens (including phenoxy) is 2. The SMILES string of the molecule is CCC(C)C(=O)c1cc2nccc(-c3ccc(OC)c(OC)c3)n2n1. The quantitative estimate of drug-likeness (QED) is 0.642. The molecule has 0 bridgehead atoms. The van der Waals surface area contributed by atoms with Crippen LogP contribution in [0, 0.1) is 5.92 Å². The molecule has 25 heavy (non-hydrogen) atoms. The summed E-state index contributed by atoms with van der Waals surface area (Å²) in [7, 11) is 3.20. The molecule has 0 aliphatic rings. The minimum absolute atomic E-state index is 0.0336. The first-order valence-corrected chi connectivity index (χ1v) is 8.20. The molecule has 0 aliphatic heterocycles. The zero-order valence-corrected chi connectivity index (χ0v) is 14.8. The maximum Gasteiger partial charge on any atom is 0.185 e. The van der Waals surface area contributed by atoms with Gasteiger partial charge in [0.15, 0.2) is 22.9 Å².